The molecule has 0 saturated heterocycles. The second kappa shape index (κ2) is 14.3. The number of hydrogen-bond donors (Lipinski definition) is 15. The van der Waals surface area contributed by atoms with Gasteiger partial charge in [0.2, 0.25) is 23.0 Å². The van der Waals surface area contributed by atoms with Crippen LogP contribution in [0.25, 0.3) is 33.4 Å². The molecule has 25 heteroatoms. The highest BCUT2D eigenvalue weighted by atomic mass is 16.6. The average molecular weight is 933 g/mol. The van der Waals surface area contributed by atoms with E-state index < -0.39 is 220 Å². The van der Waals surface area contributed by atoms with Crippen LogP contribution in [0.15, 0.2) is 18.2 Å². The Kier molecular flexibility index (Phi) is 9.16. The summed E-state index contributed by atoms with van der Waals surface area (Å²) < 4.78 is 28.0. The van der Waals surface area contributed by atoms with Crippen molar-refractivity contribution in [3.8, 4) is 114 Å². The van der Waals surface area contributed by atoms with Gasteiger partial charge in [0.05, 0.1) is 22.3 Å². The fraction of sp³-hybridized carbons (Fsp3) is 0.167. The minimum Gasteiger partial charge on any atom is -0.507 e. The van der Waals surface area contributed by atoms with Crippen molar-refractivity contribution in [1.29, 1.82) is 0 Å². The molecule has 5 aromatic rings. The Morgan fingerprint density at radius 1 is 0.388 bits per heavy atom. The number of carbonyl (C=O) groups is 5. The number of fused-ring (bicyclic) bond motifs is 8. The first kappa shape index (κ1) is 42.9. The standard InChI is InChI=1S/C42H28O25/c1-6-22(45)17-18-19-16(30(53)34(57)31(18)54)15-9(4-12(44)27(50)29(15)52)39(59)64-13-5-63-38(58)8-3-11(43)26(49)28(51)14(8)7-2-10(25(48)33(56)24(7)47)40(60)65-35(13)37(67-41(19)61)36-32(55)21(23(6)46)20(17)42(62)66-36/h2-4,13,32,35-37,43-57H,5H2,1H3/t13-,32-,35-,36+,37+/m1/s1. The Hall–Kier alpha value is -9.39. The number of phenols is 14. The molecule has 5 aliphatic rings. The van der Waals surface area contributed by atoms with Gasteiger partial charge in [-0.1, -0.05) is 0 Å². The first-order chi connectivity index (χ1) is 31.5. The smallest absolute Gasteiger partial charge is 0.342 e. The SMILES string of the molecule is Cc1c(O)c2c3c(c1O)[C@@H](O)[C@H](OC3=O)[C@H]1OC(=O)c3c(c(O)c(O)c(O)c3-2)-c2c(cc(O)c(O)c2O)C(=O)O[C@@H]2COC(=O)c3cc(O)c(O)c(O)c3-c3cc(c(O)c(O)c3O)C(=O)O[C@@H]12. The molecule has 5 aromatic carbocycles. The lowest BCUT2D eigenvalue weighted by Crippen LogP contribution is -2.56. The molecule has 0 saturated carbocycles. The predicted octanol–water partition coefficient (Wildman–Crippen LogP) is 1.92. The number of carbonyl (C=O) groups excluding carboxylic acids is 5. The number of hydrogen-bond acceptors (Lipinski definition) is 25. The average Bonchev–Trinajstić information content (AvgIpc) is 3.29. The number of rotatable bonds is 0. The summed E-state index contributed by atoms with van der Waals surface area (Å²) in [6.07, 6.45) is -13.0. The first-order valence-electron chi connectivity index (χ1n) is 18.9. The summed E-state index contributed by atoms with van der Waals surface area (Å²) in [4.78, 5) is 72.3. The number of aliphatic hydroxyl groups excluding tert-OH is 1. The van der Waals surface area contributed by atoms with E-state index in [9.17, 15) is 95.8 Å². The van der Waals surface area contributed by atoms with Crippen LogP contribution in [0.1, 0.15) is 69.0 Å². The highest BCUT2D eigenvalue weighted by molar-refractivity contribution is 6.16. The molecule has 15 N–H and O–H groups in total. The Morgan fingerprint density at radius 2 is 0.851 bits per heavy atom. The van der Waals surface area contributed by atoms with E-state index in [1.54, 1.807) is 0 Å². The van der Waals surface area contributed by atoms with Crippen molar-refractivity contribution in [3.63, 3.8) is 0 Å². The third kappa shape index (κ3) is 5.73. The quantitative estimate of drug-likeness (QED) is 0.0599. The number of aliphatic hydroxyl groups is 1. The first-order valence-corrected chi connectivity index (χ1v) is 18.9. The molecule has 0 radical (unpaired) electrons. The number of ether oxygens (including phenoxy) is 5. The Labute approximate surface area is 368 Å². The maximum Gasteiger partial charge on any atom is 0.342 e. The minimum atomic E-state index is -2.71. The van der Waals surface area contributed by atoms with Gasteiger partial charge in [0.25, 0.3) is 0 Å². The van der Waals surface area contributed by atoms with Crippen molar-refractivity contribution >= 4 is 29.8 Å². The van der Waals surface area contributed by atoms with E-state index in [0.717, 1.165) is 6.92 Å². The monoisotopic (exact) mass is 932 g/mol. The third-order valence-corrected chi connectivity index (χ3v) is 11.7. The molecule has 346 valence electrons. The summed E-state index contributed by atoms with van der Waals surface area (Å²) in [5.74, 6) is -28.9. The van der Waals surface area contributed by atoms with Crippen LogP contribution < -0.4 is 0 Å². The van der Waals surface area contributed by atoms with Crippen LogP contribution in [0.2, 0.25) is 0 Å². The van der Waals surface area contributed by atoms with Gasteiger partial charge in [-0.15, -0.1) is 0 Å². The van der Waals surface area contributed by atoms with Crippen molar-refractivity contribution in [2.75, 3.05) is 6.61 Å². The molecule has 0 fully saturated rings. The topological polar surface area (TPSA) is 435 Å². The van der Waals surface area contributed by atoms with Gasteiger partial charge in [-0.2, -0.15) is 0 Å². The molecule has 5 aliphatic heterocycles. The minimum absolute atomic E-state index is 0.358. The molecule has 25 nitrogen and oxygen atoms in total. The van der Waals surface area contributed by atoms with Crippen molar-refractivity contribution in [1.82, 2.24) is 0 Å². The molecule has 0 aliphatic carbocycles. The van der Waals surface area contributed by atoms with Gasteiger partial charge in [0, 0.05) is 44.5 Å². The Balaban J connectivity index is 1.43. The lowest BCUT2D eigenvalue weighted by molar-refractivity contribution is -0.154. The molecule has 0 spiro atoms. The summed E-state index contributed by atoms with van der Waals surface area (Å²) in [6, 6.07) is 1.27. The molecule has 8 bridgehead atoms. The number of phenolic OH excluding ortho intramolecular Hbond substituents is 14. The number of esters is 5. The van der Waals surface area contributed by atoms with Gasteiger partial charge < -0.3 is 100 Å². The number of aromatic hydroxyl groups is 14. The van der Waals surface area contributed by atoms with Crippen LogP contribution in [0.5, 0.6) is 80.5 Å². The molecule has 5 heterocycles. The number of benzene rings is 5. The van der Waals surface area contributed by atoms with Crippen LogP contribution >= 0.6 is 0 Å². The lowest BCUT2D eigenvalue weighted by Gasteiger charge is -2.41. The molecule has 0 aromatic heterocycles. The molecule has 5 atom stereocenters. The second-order valence-electron chi connectivity index (χ2n) is 15.3. The Bertz CT molecular complexity index is 3190. The molecule has 10 rings (SSSR count). The van der Waals surface area contributed by atoms with E-state index in [0.29, 0.717) is 18.2 Å². The molecular weight excluding hydrogens is 904 g/mol. The summed E-state index contributed by atoms with van der Waals surface area (Å²) in [7, 11) is 0. The van der Waals surface area contributed by atoms with Gasteiger partial charge in [-0.05, 0) is 25.1 Å². The van der Waals surface area contributed by atoms with E-state index in [4.69, 9.17) is 23.7 Å². The molecular formula is C42H28O25. The van der Waals surface area contributed by atoms with Crippen LogP contribution in [-0.4, -0.2) is 137 Å². The zero-order chi connectivity index (χ0) is 48.7. The molecule has 0 unspecified atom stereocenters. The van der Waals surface area contributed by atoms with Gasteiger partial charge in [0.15, 0.2) is 70.4 Å². The van der Waals surface area contributed by atoms with Gasteiger partial charge >= 0.3 is 29.8 Å². The van der Waals surface area contributed by atoms with Crippen LogP contribution in [0, 0.1) is 6.92 Å². The fourth-order valence-corrected chi connectivity index (χ4v) is 8.49. The maximum absolute atomic E-state index is 15.0. The molecule has 67 heavy (non-hydrogen) atoms. The van der Waals surface area contributed by atoms with Gasteiger partial charge in [-0.25, -0.2) is 24.0 Å². The van der Waals surface area contributed by atoms with E-state index >= 15 is 4.79 Å². The summed E-state index contributed by atoms with van der Waals surface area (Å²) >= 11 is 0. The largest absolute Gasteiger partial charge is 0.507 e. The highest BCUT2D eigenvalue weighted by Gasteiger charge is 2.55. The van der Waals surface area contributed by atoms with Crippen molar-refractivity contribution in [3.05, 3.63) is 57.1 Å². The fourth-order valence-electron chi connectivity index (χ4n) is 8.49. The van der Waals surface area contributed by atoms with E-state index in [2.05, 4.69) is 0 Å². The normalized spacial score (nSPS) is 20.6. The van der Waals surface area contributed by atoms with Gasteiger partial charge in [0.1, 0.15) is 29.8 Å². The van der Waals surface area contributed by atoms with E-state index in [1.807, 2.05) is 0 Å². The predicted molar refractivity (Wildman–Crippen MR) is 209 cm³/mol. The van der Waals surface area contributed by atoms with Gasteiger partial charge in [-0.3, -0.25) is 0 Å². The van der Waals surface area contributed by atoms with Crippen LogP contribution in [0.3, 0.4) is 0 Å². The van der Waals surface area contributed by atoms with Crippen molar-refractivity contribution < 1.29 is 124 Å². The summed E-state index contributed by atoms with van der Waals surface area (Å²) in [5, 5.41) is 167. The summed E-state index contributed by atoms with van der Waals surface area (Å²) in [6.45, 7) is -0.480. The zero-order valence-corrected chi connectivity index (χ0v) is 33.1. The molecule has 0 amide bonds. The zero-order valence-electron chi connectivity index (χ0n) is 33.1. The highest BCUT2D eigenvalue weighted by Crippen LogP contribution is 2.61. The van der Waals surface area contributed by atoms with E-state index in [1.165, 1.54) is 0 Å². The van der Waals surface area contributed by atoms with Crippen LogP contribution in [-0.2, 0) is 23.7 Å². The van der Waals surface area contributed by atoms with Crippen molar-refractivity contribution in [2.24, 2.45) is 0 Å². The third-order valence-electron chi connectivity index (χ3n) is 11.7. The second-order valence-corrected chi connectivity index (χ2v) is 15.3. The summed E-state index contributed by atoms with van der Waals surface area (Å²) in [5.41, 5.74) is -14.0. The van der Waals surface area contributed by atoms with E-state index in [-0.39, 0.29) is 0 Å². The van der Waals surface area contributed by atoms with Crippen molar-refractivity contribution in [2.45, 2.75) is 37.4 Å². The maximum atomic E-state index is 15.0. The Morgan fingerprint density at radius 3 is 1.48 bits per heavy atom. The van der Waals surface area contributed by atoms with Crippen LogP contribution in [0.4, 0.5) is 0 Å². The number of cyclic esters (lactones) is 1. The lowest BCUT2D eigenvalue weighted by atomic mass is 9.79.